The largest absolute Gasteiger partial charge is 0.378 e. The molecule has 1 heterocycles. The summed E-state index contributed by atoms with van der Waals surface area (Å²) in [4.78, 5) is 10.6. The van der Waals surface area contributed by atoms with E-state index in [1.807, 2.05) is 43.5 Å². The summed E-state index contributed by atoms with van der Waals surface area (Å²) < 4.78 is 0. The molecule has 0 spiro atoms. The van der Waals surface area contributed by atoms with Crippen LogP contribution in [0, 0.1) is 0 Å². The average molecular weight is 254 g/mol. The molecule has 0 aliphatic carbocycles. The van der Waals surface area contributed by atoms with E-state index in [1.165, 1.54) is 11.8 Å². The van der Waals surface area contributed by atoms with Crippen molar-refractivity contribution in [2.75, 3.05) is 25.3 Å². The summed E-state index contributed by atoms with van der Waals surface area (Å²) in [6, 6.07) is 6.00. The van der Waals surface area contributed by atoms with Crippen LogP contribution >= 0.6 is 23.4 Å². The van der Waals surface area contributed by atoms with E-state index in [0.717, 1.165) is 16.6 Å². The van der Waals surface area contributed by atoms with Crippen LogP contribution in [-0.4, -0.2) is 30.3 Å². The molecule has 0 saturated carbocycles. The van der Waals surface area contributed by atoms with Crippen LogP contribution in [0.15, 0.2) is 23.4 Å². The number of halogens is 1. The highest BCUT2D eigenvalue weighted by Crippen LogP contribution is 2.26. The van der Waals surface area contributed by atoms with Crippen molar-refractivity contribution >= 4 is 40.0 Å². The molecule has 2 aromatic rings. The van der Waals surface area contributed by atoms with Crippen molar-refractivity contribution in [3.63, 3.8) is 0 Å². The summed E-state index contributed by atoms with van der Waals surface area (Å²) in [6.07, 6.45) is 1.94. The van der Waals surface area contributed by atoms with E-state index >= 15 is 0 Å². The van der Waals surface area contributed by atoms with Crippen molar-refractivity contribution in [3.8, 4) is 0 Å². The van der Waals surface area contributed by atoms with Crippen LogP contribution in [0.3, 0.4) is 0 Å². The number of hydrogen-bond acceptors (Lipinski definition) is 4. The lowest BCUT2D eigenvalue weighted by Gasteiger charge is -2.13. The van der Waals surface area contributed by atoms with Crippen molar-refractivity contribution in [1.29, 1.82) is 0 Å². The summed E-state index contributed by atoms with van der Waals surface area (Å²) in [6.45, 7) is 0. The van der Waals surface area contributed by atoms with E-state index < -0.39 is 0 Å². The Balaban J connectivity index is 2.65. The number of anilines is 1. The molecule has 0 radical (unpaired) electrons. The van der Waals surface area contributed by atoms with Gasteiger partial charge in [-0.15, -0.1) is 0 Å². The van der Waals surface area contributed by atoms with Crippen LogP contribution in [0.25, 0.3) is 10.9 Å². The predicted octanol–water partition coefficient (Wildman–Crippen LogP) is 3.07. The van der Waals surface area contributed by atoms with E-state index in [9.17, 15) is 0 Å². The first-order valence-corrected chi connectivity index (χ1v) is 6.40. The van der Waals surface area contributed by atoms with E-state index in [4.69, 9.17) is 11.6 Å². The van der Waals surface area contributed by atoms with Crippen molar-refractivity contribution in [3.05, 3.63) is 23.4 Å². The fourth-order valence-electron chi connectivity index (χ4n) is 1.43. The molecule has 16 heavy (non-hydrogen) atoms. The zero-order chi connectivity index (χ0) is 11.7. The van der Waals surface area contributed by atoms with Gasteiger partial charge < -0.3 is 4.90 Å². The molecule has 0 atom stereocenters. The highest BCUT2D eigenvalue weighted by Gasteiger charge is 2.06. The summed E-state index contributed by atoms with van der Waals surface area (Å²) in [5.41, 5.74) is 1.98. The Bertz CT molecular complexity index is 528. The Morgan fingerprint density at radius 1 is 1.25 bits per heavy atom. The smallest absolute Gasteiger partial charge is 0.189 e. The zero-order valence-electron chi connectivity index (χ0n) is 9.36. The first-order chi connectivity index (χ1) is 7.61. The molecule has 1 aromatic carbocycles. The molecule has 0 fully saturated rings. The maximum Gasteiger partial charge on any atom is 0.189 e. The monoisotopic (exact) mass is 253 g/mol. The van der Waals surface area contributed by atoms with E-state index in [2.05, 4.69) is 9.97 Å². The molecule has 0 amide bonds. The minimum absolute atomic E-state index is 0.512. The van der Waals surface area contributed by atoms with Crippen LogP contribution in [-0.2, 0) is 0 Å². The fourth-order valence-corrected chi connectivity index (χ4v) is 2.08. The molecule has 0 bridgehead atoms. The van der Waals surface area contributed by atoms with E-state index in [1.54, 1.807) is 0 Å². The van der Waals surface area contributed by atoms with Crippen molar-refractivity contribution in [2.24, 2.45) is 0 Å². The minimum atomic E-state index is 0.512. The second-order valence-electron chi connectivity index (χ2n) is 3.60. The molecular formula is C11H12ClN3S. The summed E-state index contributed by atoms with van der Waals surface area (Å²) in [7, 11) is 3.98. The van der Waals surface area contributed by atoms with Crippen LogP contribution in [0.4, 0.5) is 5.69 Å². The normalized spacial score (nSPS) is 10.8. The van der Waals surface area contributed by atoms with Gasteiger partial charge in [-0.05, 0) is 24.5 Å². The number of aromatic nitrogens is 2. The number of fused-ring (bicyclic) bond motifs is 1. The predicted molar refractivity (Wildman–Crippen MR) is 70.7 cm³/mol. The van der Waals surface area contributed by atoms with Gasteiger partial charge in [0.1, 0.15) is 5.15 Å². The Labute approximate surface area is 104 Å². The lowest BCUT2D eigenvalue weighted by atomic mass is 10.2. The highest BCUT2D eigenvalue weighted by molar-refractivity contribution is 7.98. The number of rotatable bonds is 2. The third kappa shape index (κ3) is 2.08. The number of thioether (sulfide) groups is 1. The van der Waals surface area contributed by atoms with Gasteiger partial charge in [0.25, 0.3) is 0 Å². The first-order valence-electron chi connectivity index (χ1n) is 4.80. The summed E-state index contributed by atoms with van der Waals surface area (Å²) in [5, 5.41) is 2.11. The maximum absolute atomic E-state index is 6.13. The average Bonchev–Trinajstić information content (AvgIpc) is 2.28. The molecule has 1 aromatic heterocycles. The third-order valence-electron chi connectivity index (χ3n) is 2.31. The minimum Gasteiger partial charge on any atom is -0.378 e. The third-order valence-corrected chi connectivity index (χ3v) is 3.15. The second kappa shape index (κ2) is 4.47. The molecule has 0 aliphatic rings. The van der Waals surface area contributed by atoms with Gasteiger partial charge in [-0.1, -0.05) is 23.4 Å². The standard InChI is InChI=1S/C11H12ClN3S/c1-15(2)7-4-5-9-8(6-7)10(12)14-11(13-9)16-3/h4-6H,1-3H3. The van der Waals surface area contributed by atoms with E-state index in [0.29, 0.717) is 10.3 Å². The van der Waals surface area contributed by atoms with Crippen molar-refractivity contribution in [1.82, 2.24) is 9.97 Å². The van der Waals surface area contributed by atoms with Gasteiger partial charge in [0.05, 0.1) is 5.52 Å². The molecule has 5 heteroatoms. The van der Waals surface area contributed by atoms with Crippen LogP contribution in [0.5, 0.6) is 0 Å². The van der Waals surface area contributed by atoms with Gasteiger partial charge in [0, 0.05) is 25.2 Å². The number of nitrogens with zero attached hydrogens (tertiary/aromatic N) is 3. The van der Waals surface area contributed by atoms with Crippen LogP contribution < -0.4 is 4.90 Å². The SMILES string of the molecule is CSc1nc(Cl)c2cc(N(C)C)ccc2n1. The number of hydrogen-bond donors (Lipinski definition) is 0. The molecular weight excluding hydrogens is 242 g/mol. The van der Waals surface area contributed by atoms with Crippen LogP contribution in [0.2, 0.25) is 5.15 Å². The molecule has 0 unspecified atom stereocenters. The van der Waals surface area contributed by atoms with Crippen molar-refractivity contribution in [2.45, 2.75) is 5.16 Å². The molecule has 84 valence electrons. The molecule has 0 saturated heterocycles. The van der Waals surface area contributed by atoms with Gasteiger partial charge in [0.2, 0.25) is 0 Å². The van der Waals surface area contributed by atoms with Crippen LogP contribution in [0.1, 0.15) is 0 Å². The topological polar surface area (TPSA) is 29.0 Å². The molecule has 0 N–H and O–H groups in total. The quantitative estimate of drug-likeness (QED) is 0.467. The van der Waals surface area contributed by atoms with Gasteiger partial charge in [-0.25, -0.2) is 9.97 Å². The Hall–Kier alpha value is -1.00. The lowest BCUT2D eigenvalue weighted by molar-refractivity contribution is 1.01. The second-order valence-corrected chi connectivity index (χ2v) is 4.73. The Morgan fingerprint density at radius 2 is 2.00 bits per heavy atom. The van der Waals surface area contributed by atoms with Gasteiger partial charge in [-0.3, -0.25) is 0 Å². The van der Waals surface area contributed by atoms with Gasteiger partial charge >= 0.3 is 0 Å². The van der Waals surface area contributed by atoms with Gasteiger partial charge in [0.15, 0.2) is 5.16 Å². The Kier molecular flexibility index (Phi) is 3.21. The molecule has 0 aliphatic heterocycles. The molecule has 2 rings (SSSR count). The molecule has 3 nitrogen and oxygen atoms in total. The highest BCUT2D eigenvalue weighted by atomic mass is 35.5. The first kappa shape index (κ1) is 11.5. The Morgan fingerprint density at radius 3 is 2.62 bits per heavy atom. The maximum atomic E-state index is 6.13. The number of benzene rings is 1. The summed E-state index contributed by atoms with van der Waals surface area (Å²) in [5.74, 6) is 0. The summed E-state index contributed by atoms with van der Waals surface area (Å²) >= 11 is 7.63. The van der Waals surface area contributed by atoms with Crippen molar-refractivity contribution < 1.29 is 0 Å². The zero-order valence-corrected chi connectivity index (χ0v) is 10.9. The van der Waals surface area contributed by atoms with Gasteiger partial charge in [-0.2, -0.15) is 0 Å². The van der Waals surface area contributed by atoms with E-state index in [-0.39, 0.29) is 0 Å². The fraction of sp³-hybridized carbons (Fsp3) is 0.273. The lowest BCUT2D eigenvalue weighted by Crippen LogP contribution is -2.08.